The van der Waals surface area contributed by atoms with Gasteiger partial charge in [-0.1, -0.05) is 0 Å². The first-order valence-electron chi connectivity index (χ1n) is 5.00. The standard InChI is InChI=1S/C10H17N3O2/c1-8-7-9(11)12-13(8)6-4-3-5-10(14)15-2/h7H,3-6H2,1-2H3,(H2,11,12). The SMILES string of the molecule is COC(=O)CCCCn1nc(N)cc1C. The molecule has 0 fully saturated rings. The molecule has 0 bridgehead atoms. The molecule has 2 N–H and O–H groups in total. The molecule has 0 spiro atoms. The summed E-state index contributed by atoms with van der Waals surface area (Å²) in [5, 5.41) is 4.13. The maximum atomic E-state index is 10.8. The maximum absolute atomic E-state index is 10.8. The molecule has 0 atom stereocenters. The smallest absolute Gasteiger partial charge is 0.305 e. The molecule has 1 aromatic heterocycles. The number of nitrogens with two attached hydrogens (primary N) is 1. The van der Waals surface area contributed by atoms with E-state index in [-0.39, 0.29) is 5.97 Å². The first-order valence-corrected chi connectivity index (χ1v) is 5.00. The summed E-state index contributed by atoms with van der Waals surface area (Å²) >= 11 is 0. The minimum atomic E-state index is -0.160. The van der Waals surface area contributed by atoms with E-state index in [1.54, 1.807) is 0 Å². The van der Waals surface area contributed by atoms with Crippen molar-refractivity contribution >= 4 is 11.8 Å². The first kappa shape index (κ1) is 11.6. The van der Waals surface area contributed by atoms with Crippen LogP contribution in [0.3, 0.4) is 0 Å². The third-order valence-electron chi connectivity index (χ3n) is 2.23. The normalized spacial score (nSPS) is 10.3. The Bertz CT molecular complexity index is 333. The zero-order chi connectivity index (χ0) is 11.3. The third-order valence-corrected chi connectivity index (χ3v) is 2.23. The lowest BCUT2D eigenvalue weighted by molar-refractivity contribution is -0.140. The van der Waals surface area contributed by atoms with Gasteiger partial charge in [-0.3, -0.25) is 9.48 Å². The summed E-state index contributed by atoms with van der Waals surface area (Å²) < 4.78 is 6.40. The summed E-state index contributed by atoms with van der Waals surface area (Å²) in [6.45, 7) is 2.75. The molecule has 0 saturated heterocycles. The summed E-state index contributed by atoms with van der Waals surface area (Å²) in [6, 6.07) is 1.83. The van der Waals surface area contributed by atoms with Crippen molar-refractivity contribution in [2.24, 2.45) is 0 Å². The van der Waals surface area contributed by atoms with Crippen molar-refractivity contribution in [2.75, 3.05) is 12.8 Å². The van der Waals surface area contributed by atoms with E-state index in [0.717, 1.165) is 25.1 Å². The van der Waals surface area contributed by atoms with Gasteiger partial charge in [0.15, 0.2) is 0 Å². The molecular weight excluding hydrogens is 194 g/mol. The van der Waals surface area contributed by atoms with Crippen LogP contribution in [-0.2, 0) is 16.1 Å². The zero-order valence-electron chi connectivity index (χ0n) is 9.19. The van der Waals surface area contributed by atoms with Crippen molar-refractivity contribution < 1.29 is 9.53 Å². The monoisotopic (exact) mass is 211 g/mol. The highest BCUT2D eigenvalue weighted by Gasteiger charge is 2.02. The van der Waals surface area contributed by atoms with E-state index in [0.29, 0.717) is 12.2 Å². The van der Waals surface area contributed by atoms with E-state index in [1.165, 1.54) is 7.11 Å². The number of aromatic nitrogens is 2. The van der Waals surface area contributed by atoms with E-state index < -0.39 is 0 Å². The number of hydrogen-bond donors (Lipinski definition) is 1. The summed E-state index contributed by atoms with van der Waals surface area (Å²) in [4.78, 5) is 10.8. The number of nitrogens with zero attached hydrogens (tertiary/aromatic N) is 2. The van der Waals surface area contributed by atoms with Crippen LogP contribution >= 0.6 is 0 Å². The van der Waals surface area contributed by atoms with Crippen LogP contribution in [0.25, 0.3) is 0 Å². The molecule has 1 rings (SSSR count). The Morgan fingerprint density at radius 2 is 2.33 bits per heavy atom. The molecule has 84 valence electrons. The van der Waals surface area contributed by atoms with Gasteiger partial charge in [-0.2, -0.15) is 5.10 Å². The van der Waals surface area contributed by atoms with Crippen molar-refractivity contribution in [3.05, 3.63) is 11.8 Å². The van der Waals surface area contributed by atoms with Gasteiger partial charge in [-0.05, 0) is 19.8 Å². The number of rotatable bonds is 5. The number of methoxy groups -OCH3 is 1. The van der Waals surface area contributed by atoms with Gasteiger partial charge < -0.3 is 10.5 Å². The predicted octanol–water partition coefficient (Wildman–Crippen LogP) is 1.12. The van der Waals surface area contributed by atoms with Crippen molar-refractivity contribution in [3.63, 3.8) is 0 Å². The first-order chi connectivity index (χ1) is 7.13. The van der Waals surface area contributed by atoms with Gasteiger partial charge in [-0.15, -0.1) is 0 Å². The van der Waals surface area contributed by atoms with Crippen molar-refractivity contribution in [2.45, 2.75) is 32.7 Å². The number of unbranched alkanes of at least 4 members (excludes halogenated alkanes) is 1. The van der Waals surface area contributed by atoms with Gasteiger partial charge in [-0.25, -0.2) is 0 Å². The highest BCUT2D eigenvalue weighted by atomic mass is 16.5. The van der Waals surface area contributed by atoms with Crippen molar-refractivity contribution in [1.29, 1.82) is 0 Å². The average Bonchev–Trinajstić information content (AvgIpc) is 2.52. The Kier molecular flexibility index (Phi) is 4.15. The van der Waals surface area contributed by atoms with Crippen LogP contribution in [0.4, 0.5) is 5.82 Å². The molecule has 1 aromatic rings. The zero-order valence-corrected chi connectivity index (χ0v) is 9.19. The quantitative estimate of drug-likeness (QED) is 0.585. The van der Waals surface area contributed by atoms with Gasteiger partial charge in [0.05, 0.1) is 7.11 Å². The molecule has 15 heavy (non-hydrogen) atoms. The lowest BCUT2D eigenvalue weighted by Gasteiger charge is -2.03. The predicted molar refractivity (Wildman–Crippen MR) is 57.2 cm³/mol. The molecule has 5 nitrogen and oxygen atoms in total. The average molecular weight is 211 g/mol. The fourth-order valence-corrected chi connectivity index (χ4v) is 1.39. The lowest BCUT2D eigenvalue weighted by Crippen LogP contribution is -2.05. The second-order valence-electron chi connectivity index (χ2n) is 3.47. The van der Waals surface area contributed by atoms with Crippen LogP contribution < -0.4 is 5.73 Å². The summed E-state index contributed by atoms with van der Waals surface area (Å²) in [5.41, 5.74) is 6.59. The Labute approximate surface area is 89.2 Å². The molecule has 0 aliphatic carbocycles. The van der Waals surface area contributed by atoms with Gasteiger partial charge in [0, 0.05) is 24.7 Å². The van der Waals surface area contributed by atoms with E-state index >= 15 is 0 Å². The van der Waals surface area contributed by atoms with Crippen LogP contribution in [-0.4, -0.2) is 22.9 Å². The van der Waals surface area contributed by atoms with Gasteiger partial charge in [0.1, 0.15) is 5.82 Å². The number of ether oxygens (including phenoxy) is 1. The van der Waals surface area contributed by atoms with Crippen LogP contribution in [0.15, 0.2) is 6.07 Å². The Morgan fingerprint density at radius 1 is 1.60 bits per heavy atom. The van der Waals surface area contributed by atoms with Crippen LogP contribution in [0.1, 0.15) is 25.0 Å². The minimum absolute atomic E-state index is 0.160. The summed E-state index contributed by atoms with van der Waals surface area (Å²) in [7, 11) is 1.40. The molecule has 5 heteroatoms. The highest BCUT2D eigenvalue weighted by molar-refractivity contribution is 5.68. The molecule has 0 aliphatic rings. The molecule has 1 heterocycles. The number of carbonyl (C=O) groups is 1. The molecule has 0 aliphatic heterocycles. The van der Waals surface area contributed by atoms with Crippen molar-refractivity contribution in [1.82, 2.24) is 9.78 Å². The maximum Gasteiger partial charge on any atom is 0.305 e. The number of nitrogen functional groups attached to an aromatic ring is 1. The van der Waals surface area contributed by atoms with Gasteiger partial charge in [0.25, 0.3) is 0 Å². The summed E-state index contributed by atoms with van der Waals surface area (Å²) in [5.74, 6) is 0.382. The van der Waals surface area contributed by atoms with E-state index in [9.17, 15) is 4.79 Å². The number of hydrogen-bond acceptors (Lipinski definition) is 4. The van der Waals surface area contributed by atoms with E-state index in [4.69, 9.17) is 5.73 Å². The van der Waals surface area contributed by atoms with Crippen LogP contribution in [0.2, 0.25) is 0 Å². The fourth-order valence-electron chi connectivity index (χ4n) is 1.39. The summed E-state index contributed by atoms with van der Waals surface area (Å²) in [6.07, 6.45) is 2.18. The van der Waals surface area contributed by atoms with Gasteiger partial charge >= 0.3 is 5.97 Å². The van der Waals surface area contributed by atoms with E-state index in [2.05, 4.69) is 9.84 Å². The molecule has 0 unspecified atom stereocenters. The highest BCUT2D eigenvalue weighted by Crippen LogP contribution is 2.06. The Morgan fingerprint density at radius 3 is 2.87 bits per heavy atom. The molecule has 0 saturated carbocycles. The number of carbonyl (C=O) groups excluding carboxylic acids is 1. The topological polar surface area (TPSA) is 70.1 Å². The number of aryl methyl sites for hydroxylation is 2. The number of anilines is 1. The number of esters is 1. The van der Waals surface area contributed by atoms with Crippen LogP contribution in [0.5, 0.6) is 0 Å². The Balaban J connectivity index is 2.26. The minimum Gasteiger partial charge on any atom is -0.469 e. The molecule has 0 aromatic carbocycles. The van der Waals surface area contributed by atoms with Gasteiger partial charge in [0.2, 0.25) is 0 Å². The fraction of sp³-hybridized carbons (Fsp3) is 0.600. The molecule has 0 amide bonds. The van der Waals surface area contributed by atoms with Crippen molar-refractivity contribution in [3.8, 4) is 0 Å². The molecule has 0 radical (unpaired) electrons. The van der Waals surface area contributed by atoms with Crippen LogP contribution in [0, 0.1) is 6.92 Å². The second kappa shape index (κ2) is 5.38. The second-order valence-corrected chi connectivity index (χ2v) is 3.47. The largest absolute Gasteiger partial charge is 0.469 e. The van der Waals surface area contributed by atoms with E-state index in [1.807, 2.05) is 17.7 Å². The molecular formula is C10H17N3O2. The lowest BCUT2D eigenvalue weighted by atomic mass is 10.2. The Hall–Kier alpha value is -1.52. The third kappa shape index (κ3) is 3.61.